The lowest BCUT2D eigenvalue weighted by Gasteiger charge is -2.16. The fourth-order valence-corrected chi connectivity index (χ4v) is 2.85. The molecule has 2 heterocycles. The number of likely N-dealkylation sites (N-methyl/N-ethyl adjacent to an activating group) is 1. The van der Waals surface area contributed by atoms with Gasteiger partial charge in [-0.25, -0.2) is 14.1 Å². The molecular formula is C21H23FN6O2. The molecule has 0 bridgehead atoms. The van der Waals surface area contributed by atoms with Crippen LogP contribution in [0.3, 0.4) is 0 Å². The van der Waals surface area contributed by atoms with Gasteiger partial charge in [0, 0.05) is 12.3 Å². The summed E-state index contributed by atoms with van der Waals surface area (Å²) in [6.07, 6.45) is 1.66. The number of aryl methyl sites for hydroxylation is 2. The summed E-state index contributed by atoms with van der Waals surface area (Å²) in [5, 5.41) is 9.66. The maximum Gasteiger partial charge on any atom is 0.239 e. The third kappa shape index (κ3) is 5.48. The van der Waals surface area contributed by atoms with E-state index in [1.165, 1.54) is 10.7 Å². The summed E-state index contributed by atoms with van der Waals surface area (Å²) in [4.78, 5) is 30.3. The molecule has 0 aliphatic heterocycles. The van der Waals surface area contributed by atoms with Crippen LogP contribution in [0.2, 0.25) is 0 Å². The molecule has 0 aliphatic rings. The van der Waals surface area contributed by atoms with Crippen molar-refractivity contribution in [2.45, 2.75) is 13.8 Å². The van der Waals surface area contributed by atoms with E-state index in [-0.39, 0.29) is 30.6 Å². The van der Waals surface area contributed by atoms with Crippen LogP contribution in [0.25, 0.3) is 5.69 Å². The molecule has 0 fully saturated rings. The number of nitrogens with zero attached hydrogens (tertiary/aromatic N) is 4. The van der Waals surface area contributed by atoms with Crippen molar-refractivity contribution in [2.75, 3.05) is 30.8 Å². The number of nitrogens with one attached hydrogen (secondary N) is 2. The van der Waals surface area contributed by atoms with Gasteiger partial charge in [0.2, 0.25) is 11.8 Å². The lowest BCUT2D eigenvalue weighted by atomic mass is 10.3. The summed E-state index contributed by atoms with van der Waals surface area (Å²) in [6.45, 7) is 3.64. The predicted molar refractivity (Wildman–Crippen MR) is 112 cm³/mol. The van der Waals surface area contributed by atoms with Crippen LogP contribution in [-0.4, -0.2) is 51.6 Å². The molecule has 2 aromatic heterocycles. The Morgan fingerprint density at radius 3 is 2.43 bits per heavy atom. The molecule has 0 radical (unpaired) electrons. The third-order valence-corrected chi connectivity index (χ3v) is 4.19. The summed E-state index contributed by atoms with van der Waals surface area (Å²) < 4.78 is 15.5. The van der Waals surface area contributed by atoms with Crippen molar-refractivity contribution in [1.29, 1.82) is 0 Å². The van der Waals surface area contributed by atoms with E-state index in [1.54, 1.807) is 55.4 Å². The minimum atomic E-state index is -0.449. The Bertz CT molecular complexity index is 1050. The molecule has 2 amide bonds. The monoisotopic (exact) mass is 410 g/mol. The number of amides is 2. The minimum Gasteiger partial charge on any atom is -0.310 e. The average Bonchev–Trinajstić information content (AvgIpc) is 3.03. The number of pyridine rings is 1. The van der Waals surface area contributed by atoms with Gasteiger partial charge in [-0.15, -0.1) is 0 Å². The van der Waals surface area contributed by atoms with Crippen LogP contribution >= 0.6 is 0 Å². The highest BCUT2D eigenvalue weighted by Gasteiger charge is 2.16. The van der Waals surface area contributed by atoms with Gasteiger partial charge < -0.3 is 10.6 Å². The number of hydrogen-bond donors (Lipinski definition) is 2. The van der Waals surface area contributed by atoms with Gasteiger partial charge in [0.15, 0.2) is 0 Å². The van der Waals surface area contributed by atoms with Crippen molar-refractivity contribution in [3.63, 3.8) is 0 Å². The lowest BCUT2D eigenvalue weighted by molar-refractivity contribution is -0.119. The number of hydrogen-bond acceptors (Lipinski definition) is 5. The van der Waals surface area contributed by atoms with E-state index in [0.717, 1.165) is 5.56 Å². The first-order chi connectivity index (χ1) is 14.3. The number of carbonyl (C=O) groups is 2. The number of halogens is 1. The normalized spacial score (nSPS) is 10.8. The van der Waals surface area contributed by atoms with Crippen LogP contribution in [0.15, 0.2) is 48.7 Å². The lowest BCUT2D eigenvalue weighted by Crippen LogP contribution is -2.36. The van der Waals surface area contributed by atoms with Crippen molar-refractivity contribution < 1.29 is 14.0 Å². The van der Waals surface area contributed by atoms with Gasteiger partial charge in [-0.1, -0.05) is 18.2 Å². The summed E-state index contributed by atoms with van der Waals surface area (Å²) in [5.41, 5.74) is 1.86. The molecule has 0 saturated heterocycles. The highest BCUT2D eigenvalue weighted by Crippen LogP contribution is 2.19. The van der Waals surface area contributed by atoms with Crippen LogP contribution in [0.4, 0.5) is 16.0 Å². The first kappa shape index (κ1) is 21.1. The van der Waals surface area contributed by atoms with E-state index in [0.29, 0.717) is 17.3 Å². The largest absolute Gasteiger partial charge is 0.310 e. The van der Waals surface area contributed by atoms with E-state index in [9.17, 15) is 14.0 Å². The second kappa shape index (κ2) is 9.27. The molecule has 0 atom stereocenters. The van der Waals surface area contributed by atoms with E-state index in [2.05, 4.69) is 20.7 Å². The van der Waals surface area contributed by atoms with Gasteiger partial charge in [0.05, 0.1) is 18.8 Å². The number of anilines is 2. The Morgan fingerprint density at radius 2 is 1.77 bits per heavy atom. The smallest absolute Gasteiger partial charge is 0.239 e. The predicted octanol–water partition coefficient (Wildman–Crippen LogP) is 2.53. The summed E-state index contributed by atoms with van der Waals surface area (Å²) in [6, 6.07) is 11.4. The molecule has 1 aromatic carbocycles. The highest BCUT2D eigenvalue weighted by atomic mass is 19.1. The fourth-order valence-electron chi connectivity index (χ4n) is 2.85. The van der Waals surface area contributed by atoms with Gasteiger partial charge in [-0.2, -0.15) is 5.10 Å². The molecule has 0 unspecified atom stereocenters. The number of rotatable bonds is 7. The number of para-hydroxylation sites is 1. The molecule has 0 saturated carbocycles. The fraction of sp³-hybridized carbons (Fsp3) is 0.238. The number of aromatic nitrogens is 3. The standard InChI is InChI=1S/C21H23FN6O2/c1-14-8-9-18(23-11-14)24-20(29)12-27(3)13-21(30)25-19-10-15(2)26-28(19)17-7-5-4-6-16(17)22/h4-11H,12-13H2,1-3H3,(H,25,30)(H,23,24,29). The van der Waals surface area contributed by atoms with E-state index >= 15 is 0 Å². The van der Waals surface area contributed by atoms with Crippen LogP contribution in [0.1, 0.15) is 11.3 Å². The van der Waals surface area contributed by atoms with E-state index < -0.39 is 5.82 Å². The Hall–Kier alpha value is -3.59. The quantitative estimate of drug-likeness (QED) is 0.625. The zero-order chi connectivity index (χ0) is 21.7. The number of benzene rings is 1. The maximum atomic E-state index is 14.1. The Balaban J connectivity index is 1.58. The van der Waals surface area contributed by atoms with Gasteiger partial charge in [0.25, 0.3) is 0 Å². The van der Waals surface area contributed by atoms with Crippen molar-refractivity contribution in [1.82, 2.24) is 19.7 Å². The van der Waals surface area contributed by atoms with Gasteiger partial charge in [-0.05, 0) is 44.7 Å². The first-order valence-corrected chi connectivity index (χ1v) is 9.34. The van der Waals surface area contributed by atoms with Gasteiger partial charge in [0.1, 0.15) is 23.1 Å². The number of carbonyl (C=O) groups excluding carboxylic acids is 2. The second-order valence-corrected chi connectivity index (χ2v) is 7.02. The van der Waals surface area contributed by atoms with E-state index in [4.69, 9.17) is 0 Å². The average molecular weight is 410 g/mol. The Kier molecular flexibility index (Phi) is 6.53. The SMILES string of the molecule is Cc1ccc(NC(=O)CN(C)CC(=O)Nc2cc(C)nn2-c2ccccc2F)nc1. The molecule has 3 aromatic rings. The molecule has 156 valence electrons. The van der Waals surface area contributed by atoms with Gasteiger partial charge in [-0.3, -0.25) is 14.5 Å². The highest BCUT2D eigenvalue weighted by molar-refractivity contribution is 5.94. The van der Waals surface area contributed by atoms with Crippen molar-refractivity contribution in [3.05, 3.63) is 65.7 Å². The third-order valence-electron chi connectivity index (χ3n) is 4.19. The molecule has 2 N–H and O–H groups in total. The molecule has 30 heavy (non-hydrogen) atoms. The van der Waals surface area contributed by atoms with Crippen molar-refractivity contribution in [2.24, 2.45) is 0 Å². The second-order valence-electron chi connectivity index (χ2n) is 7.02. The van der Waals surface area contributed by atoms with E-state index in [1.807, 2.05) is 13.0 Å². The molecular weight excluding hydrogens is 387 g/mol. The van der Waals surface area contributed by atoms with Crippen LogP contribution < -0.4 is 10.6 Å². The zero-order valence-corrected chi connectivity index (χ0v) is 17.0. The Labute approximate surface area is 173 Å². The maximum absolute atomic E-state index is 14.1. The molecule has 9 heteroatoms. The molecule has 8 nitrogen and oxygen atoms in total. The van der Waals surface area contributed by atoms with Crippen molar-refractivity contribution in [3.8, 4) is 5.69 Å². The first-order valence-electron chi connectivity index (χ1n) is 9.34. The molecule has 0 aliphatic carbocycles. The molecule has 3 rings (SSSR count). The van der Waals surface area contributed by atoms with Crippen LogP contribution in [-0.2, 0) is 9.59 Å². The molecule has 0 spiro atoms. The topological polar surface area (TPSA) is 92.2 Å². The van der Waals surface area contributed by atoms with Crippen LogP contribution in [0.5, 0.6) is 0 Å². The summed E-state index contributed by atoms with van der Waals surface area (Å²) in [7, 11) is 1.65. The van der Waals surface area contributed by atoms with Crippen molar-refractivity contribution >= 4 is 23.5 Å². The summed E-state index contributed by atoms with van der Waals surface area (Å²) in [5.74, 6) is -0.281. The Morgan fingerprint density at radius 1 is 1.07 bits per heavy atom. The zero-order valence-electron chi connectivity index (χ0n) is 17.0. The summed E-state index contributed by atoms with van der Waals surface area (Å²) >= 11 is 0. The van der Waals surface area contributed by atoms with Crippen LogP contribution in [0, 0.1) is 19.7 Å². The van der Waals surface area contributed by atoms with Gasteiger partial charge >= 0.3 is 0 Å². The minimum absolute atomic E-state index is 0.00851.